The number of H-pyrrole nitrogens is 1. The van der Waals surface area contributed by atoms with E-state index in [2.05, 4.69) is 92.0 Å². The SMILES string of the molecule is CCCC(CCC)N(CC)c1cc(-c2ccc(CN(CC)CC)cc2)cc(C(=O)NCc2c(C)cc(C)[nH]c2=O)c1C. The molecule has 0 fully saturated rings. The van der Waals surface area contributed by atoms with Crippen molar-refractivity contribution in [1.29, 1.82) is 0 Å². The van der Waals surface area contributed by atoms with E-state index in [1.165, 1.54) is 5.56 Å². The highest BCUT2D eigenvalue weighted by Crippen LogP contribution is 2.34. The molecule has 2 aromatic carbocycles. The average Bonchev–Trinajstić information content (AvgIpc) is 2.97. The Morgan fingerprint density at radius 3 is 2.05 bits per heavy atom. The van der Waals surface area contributed by atoms with Crippen LogP contribution < -0.4 is 15.8 Å². The molecule has 0 saturated heterocycles. The Morgan fingerprint density at radius 2 is 1.50 bits per heavy atom. The Labute approximate surface area is 253 Å². The third kappa shape index (κ3) is 8.13. The molecule has 0 aliphatic rings. The number of carbonyl (C=O) groups is 1. The van der Waals surface area contributed by atoms with Crippen LogP contribution in [-0.2, 0) is 13.1 Å². The number of rotatable bonds is 15. The molecule has 6 heteroatoms. The zero-order valence-corrected chi connectivity index (χ0v) is 27.2. The summed E-state index contributed by atoms with van der Waals surface area (Å²) in [6, 6.07) is 15.4. The molecule has 1 aromatic heterocycles. The van der Waals surface area contributed by atoms with Gasteiger partial charge in [-0.1, -0.05) is 64.8 Å². The summed E-state index contributed by atoms with van der Waals surface area (Å²) in [5, 5.41) is 3.06. The van der Waals surface area contributed by atoms with E-state index in [1.807, 2.05) is 26.0 Å². The molecule has 3 rings (SSSR count). The van der Waals surface area contributed by atoms with Crippen LogP contribution in [0.5, 0.6) is 0 Å². The quantitative estimate of drug-likeness (QED) is 0.197. The maximum absolute atomic E-state index is 13.8. The predicted molar refractivity (Wildman–Crippen MR) is 178 cm³/mol. The number of amides is 1. The smallest absolute Gasteiger partial charge is 0.253 e. The first-order chi connectivity index (χ1) is 20.2. The summed E-state index contributed by atoms with van der Waals surface area (Å²) in [6.07, 6.45) is 4.46. The van der Waals surface area contributed by atoms with Gasteiger partial charge in [-0.15, -0.1) is 0 Å². The summed E-state index contributed by atoms with van der Waals surface area (Å²) in [5.41, 5.74) is 8.29. The number of nitrogens with zero attached hydrogens (tertiary/aromatic N) is 2. The molecular formula is C36H52N4O2. The van der Waals surface area contributed by atoms with Crippen molar-refractivity contribution in [2.75, 3.05) is 24.5 Å². The second-order valence-electron chi connectivity index (χ2n) is 11.5. The molecule has 0 aliphatic carbocycles. The molecule has 2 N–H and O–H groups in total. The fraction of sp³-hybridized carbons (Fsp3) is 0.500. The highest BCUT2D eigenvalue weighted by atomic mass is 16.1. The molecule has 0 bridgehead atoms. The van der Waals surface area contributed by atoms with Crippen molar-refractivity contribution < 1.29 is 4.79 Å². The number of aryl methyl sites for hydroxylation is 2. The number of nitrogens with one attached hydrogen (secondary N) is 2. The zero-order valence-electron chi connectivity index (χ0n) is 27.2. The van der Waals surface area contributed by atoms with Crippen LogP contribution in [0.15, 0.2) is 47.3 Å². The van der Waals surface area contributed by atoms with Crippen LogP contribution in [0.4, 0.5) is 5.69 Å². The van der Waals surface area contributed by atoms with Crippen LogP contribution >= 0.6 is 0 Å². The number of carbonyl (C=O) groups excluding carboxylic acids is 1. The molecule has 6 nitrogen and oxygen atoms in total. The molecule has 1 amide bonds. The molecular weight excluding hydrogens is 520 g/mol. The highest BCUT2D eigenvalue weighted by Gasteiger charge is 2.23. The van der Waals surface area contributed by atoms with Crippen LogP contribution in [0.25, 0.3) is 11.1 Å². The number of pyridine rings is 1. The summed E-state index contributed by atoms with van der Waals surface area (Å²) in [7, 11) is 0. The van der Waals surface area contributed by atoms with Gasteiger partial charge in [0.2, 0.25) is 0 Å². The lowest BCUT2D eigenvalue weighted by molar-refractivity contribution is 0.0950. The number of aromatic amines is 1. The largest absolute Gasteiger partial charge is 0.369 e. The van der Waals surface area contributed by atoms with Crippen molar-refractivity contribution in [3.8, 4) is 11.1 Å². The van der Waals surface area contributed by atoms with E-state index >= 15 is 0 Å². The van der Waals surface area contributed by atoms with Crippen molar-refractivity contribution in [2.24, 2.45) is 0 Å². The molecule has 3 aromatic rings. The molecule has 0 radical (unpaired) electrons. The average molecular weight is 573 g/mol. The Kier molecular flexibility index (Phi) is 12.4. The van der Waals surface area contributed by atoms with Crippen LogP contribution in [0, 0.1) is 20.8 Å². The van der Waals surface area contributed by atoms with Crippen molar-refractivity contribution in [2.45, 2.75) is 100 Å². The molecule has 42 heavy (non-hydrogen) atoms. The van der Waals surface area contributed by atoms with Crippen molar-refractivity contribution in [1.82, 2.24) is 15.2 Å². The van der Waals surface area contributed by atoms with E-state index in [1.54, 1.807) is 0 Å². The van der Waals surface area contributed by atoms with Gasteiger partial charge in [-0.25, -0.2) is 0 Å². The fourth-order valence-corrected chi connectivity index (χ4v) is 6.02. The second kappa shape index (κ2) is 15.7. The normalized spacial score (nSPS) is 11.4. The van der Waals surface area contributed by atoms with Gasteiger partial charge in [-0.3, -0.25) is 14.5 Å². The Hall–Kier alpha value is -3.38. The number of aromatic nitrogens is 1. The minimum atomic E-state index is -0.160. The van der Waals surface area contributed by atoms with Crippen LogP contribution in [0.3, 0.4) is 0 Å². The van der Waals surface area contributed by atoms with Gasteiger partial charge in [0.1, 0.15) is 0 Å². The fourth-order valence-electron chi connectivity index (χ4n) is 6.02. The van der Waals surface area contributed by atoms with Gasteiger partial charge in [-0.2, -0.15) is 0 Å². The first-order valence-corrected chi connectivity index (χ1v) is 15.9. The lowest BCUT2D eigenvalue weighted by Crippen LogP contribution is -2.36. The van der Waals surface area contributed by atoms with E-state index in [0.29, 0.717) is 17.2 Å². The zero-order chi connectivity index (χ0) is 30.8. The lowest BCUT2D eigenvalue weighted by Gasteiger charge is -2.35. The molecule has 0 atom stereocenters. The third-order valence-corrected chi connectivity index (χ3v) is 8.47. The van der Waals surface area contributed by atoms with E-state index < -0.39 is 0 Å². The summed E-state index contributed by atoms with van der Waals surface area (Å²) in [4.78, 5) is 34.2. The number of hydrogen-bond acceptors (Lipinski definition) is 4. The monoisotopic (exact) mass is 572 g/mol. The Balaban J connectivity index is 2.06. The minimum absolute atomic E-state index is 0.150. The number of benzene rings is 2. The highest BCUT2D eigenvalue weighted by molar-refractivity contribution is 5.99. The lowest BCUT2D eigenvalue weighted by atomic mass is 9.94. The topological polar surface area (TPSA) is 68.4 Å². The standard InChI is InChI=1S/C36H52N4O2/c1-9-14-31(15-10-2)40(13-5)34-22-30(29-18-16-28(17-19-29)24-39(11-3)12-4)21-32(27(34)8)35(41)37-23-33-25(6)20-26(7)38-36(33)42/h16-22,31H,9-15,23-24H2,1-8H3,(H,37,41)(H,38,42). The summed E-state index contributed by atoms with van der Waals surface area (Å²) < 4.78 is 0. The molecule has 0 saturated carbocycles. The van der Waals surface area contributed by atoms with Crippen LogP contribution in [0.2, 0.25) is 0 Å². The summed E-state index contributed by atoms with van der Waals surface area (Å²) in [5.74, 6) is -0.160. The number of hydrogen-bond donors (Lipinski definition) is 2. The molecule has 0 aliphatic heterocycles. The maximum Gasteiger partial charge on any atom is 0.253 e. The predicted octanol–water partition coefficient (Wildman–Crippen LogP) is 7.53. The van der Waals surface area contributed by atoms with Crippen molar-refractivity contribution in [3.05, 3.63) is 86.3 Å². The summed E-state index contributed by atoms with van der Waals surface area (Å²) in [6.45, 7) is 21.0. The minimum Gasteiger partial charge on any atom is -0.369 e. The van der Waals surface area contributed by atoms with Gasteiger partial charge in [0.05, 0.1) is 0 Å². The Morgan fingerprint density at radius 1 is 0.857 bits per heavy atom. The van der Waals surface area contributed by atoms with Gasteiger partial charge in [0.25, 0.3) is 11.5 Å². The third-order valence-electron chi connectivity index (χ3n) is 8.47. The first-order valence-electron chi connectivity index (χ1n) is 15.9. The van der Waals surface area contributed by atoms with Crippen LogP contribution in [0.1, 0.15) is 98.6 Å². The van der Waals surface area contributed by atoms with Gasteiger partial charge < -0.3 is 15.2 Å². The first kappa shape index (κ1) is 33.1. The molecule has 228 valence electrons. The van der Waals surface area contributed by atoms with E-state index in [9.17, 15) is 9.59 Å². The van der Waals surface area contributed by atoms with Gasteiger partial charge in [0, 0.05) is 48.2 Å². The van der Waals surface area contributed by atoms with Gasteiger partial charge in [0.15, 0.2) is 0 Å². The second-order valence-corrected chi connectivity index (χ2v) is 11.5. The Bertz CT molecular complexity index is 1370. The van der Waals surface area contributed by atoms with E-state index in [0.717, 1.165) is 85.5 Å². The van der Waals surface area contributed by atoms with E-state index in [-0.39, 0.29) is 18.0 Å². The molecule has 0 unspecified atom stereocenters. The van der Waals surface area contributed by atoms with Gasteiger partial charge in [-0.05, 0) is 99.6 Å². The number of anilines is 1. The maximum atomic E-state index is 13.8. The molecule has 0 spiro atoms. The van der Waals surface area contributed by atoms with Gasteiger partial charge >= 0.3 is 0 Å². The van der Waals surface area contributed by atoms with Crippen molar-refractivity contribution in [3.63, 3.8) is 0 Å². The van der Waals surface area contributed by atoms with E-state index in [4.69, 9.17) is 0 Å². The molecule has 1 heterocycles. The summed E-state index contributed by atoms with van der Waals surface area (Å²) >= 11 is 0. The van der Waals surface area contributed by atoms with Crippen molar-refractivity contribution >= 4 is 11.6 Å². The van der Waals surface area contributed by atoms with Crippen LogP contribution in [-0.4, -0.2) is 41.5 Å².